The molecule has 0 aliphatic heterocycles. The second-order valence-electron chi connectivity index (χ2n) is 4.72. The molecule has 4 nitrogen and oxygen atoms in total. The lowest BCUT2D eigenvalue weighted by molar-refractivity contribution is -0.159. The molecule has 94 valence electrons. The van der Waals surface area contributed by atoms with E-state index < -0.39 is 25.1 Å². The fraction of sp³-hybridized carbons (Fsp3) is 0.818. The van der Waals surface area contributed by atoms with Crippen molar-refractivity contribution in [3.8, 4) is 0 Å². The Bertz CT molecular complexity index is 270. The summed E-state index contributed by atoms with van der Waals surface area (Å²) in [6.07, 6.45) is 0.425. The molecule has 0 saturated heterocycles. The molecule has 0 heterocycles. The number of esters is 2. The van der Waals surface area contributed by atoms with E-state index in [4.69, 9.17) is 9.47 Å². The maximum absolute atomic E-state index is 12.1. The van der Waals surface area contributed by atoms with Gasteiger partial charge in [-0.3, -0.25) is 9.59 Å². The summed E-state index contributed by atoms with van der Waals surface area (Å²) in [6, 6.07) is 0. The number of carbonyl (C=O) groups excluding carboxylic acids is 2. The molecule has 1 unspecified atom stereocenters. The molecule has 0 aromatic heterocycles. The lowest BCUT2D eigenvalue weighted by Gasteiger charge is -2.37. The van der Waals surface area contributed by atoms with Gasteiger partial charge in [-0.15, -0.1) is 0 Å². The minimum Gasteiger partial charge on any atom is -0.468 e. The Morgan fingerprint density at radius 2 is 1.62 bits per heavy atom. The summed E-state index contributed by atoms with van der Waals surface area (Å²) < 4.78 is 9.84. The third-order valence-electron chi connectivity index (χ3n) is 2.97. The monoisotopic (exact) mass is 246 g/mol. The number of carbonyl (C=O) groups is 2. The highest BCUT2D eigenvalue weighted by Crippen LogP contribution is 2.44. The number of ether oxygens (including phenoxy) is 2. The van der Waals surface area contributed by atoms with Crippen molar-refractivity contribution < 1.29 is 19.1 Å². The Kier molecular flexibility index (Phi) is 5.19. The number of hydrogen-bond acceptors (Lipinski definition) is 4. The standard InChI is InChI=1S/C11H22O4Si/c1-7-11(9(12)14-3,16(4,5)6)10(13)15-8-2/h7-8H2,1-6H3. The van der Waals surface area contributed by atoms with Crippen LogP contribution in [-0.2, 0) is 19.1 Å². The first kappa shape index (κ1) is 15.2. The third-order valence-corrected chi connectivity index (χ3v) is 6.29. The molecule has 0 bridgehead atoms. The van der Waals surface area contributed by atoms with E-state index in [0.717, 1.165) is 0 Å². The van der Waals surface area contributed by atoms with Gasteiger partial charge in [0.2, 0.25) is 0 Å². The van der Waals surface area contributed by atoms with Gasteiger partial charge in [-0.2, -0.15) is 0 Å². The van der Waals surface area contributed by atoms with E-state index in [1.54, 1.807) is 6.92 Å². The maximum Gasteiger partial charge on any atom is 0.320 e. The Hall–Kier alpha value is -0.843. The van der Waals surface area contributed by atoms with E-state index in [9.17, 15) is 9.59 Å². The van der Waals surface area contributed by atoms with Crippen molar-refractivity contribution in [3.05, 3.63) is 0 Å². The van der Waals surface area contributed by atoms with Gasteiger partial charge in [-0.1, -0.05) is 26.6 Å². The summed E-state index contributed by atoms with van der Waals surface area (Å²) in [7, 11) is -0.759. The summed E-state index contributed by atoms with van der Waals surface area (Å²) in [4.78, 5) is 24.0. The molecule has 0 aliphatic rings. The molecule has 0 N–H and O–H groups in total. The zero-order valence-corrected chi connectivity index (χ0v) is 12.0. The average Bonchev–Trinajstić information content (AvgIpc) is 2.17. The minimum atomic E-state index is -2.07. The SMILES string of the molecule is CCOC(=O)C(CC)(C(=O)OC)[Si](C)(C)C. The Labute approximate surface area is 98.3 Å². The Balaban J connectivity index is 5.47. The number of methoxy groups -OCH3 is 1. The van der Waals surface area contributed by atoms with E-state index in [2.05, 4.69) is 0 Å². The van der Waals surface area contributed by atoms with Crippen molar-refractivity contribution in [2.45, 2.75) is 44.9 Å². The van der Waals surface area contributed by atoms with Gasteiger partial charge in [0.15, 0.2) is 5.04 Å². The van der Waals surface area contributed by atoms with Crippen LogP contribution in [0, 0.1) is 0 Å². The summed E-state index contributed by atoms with van der Waals surface area (Å²) in [5.74, 6) is -0.906. The van der Waals surface area contributed by atoms with Crippen molar-refractivity contribution in [2.24, 2.45) is 0 Å². The molecule has 0 aromatic carbocycles. The minimum absolute atomic E-state index is 0.280. The topological polar surface area (TPSA) is 52.6 Å². The van der Waals surface area contributed by atoms with Crippen LogP contribution in [0.2, 0.25) is 24.7 Å². The predicted octanol–water partition coefficient (Wildman–Crippen LogP) is 2.21. The first-order valence-corrected chi connectivity index (χ1v) is 9.03. The molecule has 0 rings (SSSR count). The molecular weight excluding hydrogens is 224 g/mol. The highest BCUT2D eigenvalue weighted by Gasteiger charge is 2.56. The van der Waals surface area contributed by atoms with Gasteiger partial charge in [0.25, 0.3) is 0 Å². The van der Waals surface area contributed by atoms with Crippen LogP contribution in [0.1, 0.15) is 20.3 Å². The quantitative estimate of drug-likeness (QED) is 0.424. The van der Waals surface area contributed by atoms with Crippen LogP contribution in [0.25, 0.3) is 0 Å². The van der Waals surface area contributed by atoms with Gasteiger partial charge in [0.1, 0.15) is 0 Å². The highest BCUT2D eigenvalue weighted by molar-refractivity contribution is 6.85. The normalized spacial score (nSPS) is 15.1. The average molecular weight is 246 g/mol. The van der Waals surface area contributed by atoms with Gasteiger partial charge in [0.05, 0.1) is 21.8 Å². The van der Waals surface area contributed by atoms with Crippen LogP contribution >= 0.6 is 0 Å². The molecule has 0 radical (unpaired) electrons. The van der Waals surface area contributed by atoms with Crippen molar-refractivity contribution in [1.82, 2.24) is 0 Å². The van der Waals surface area contributed by atoms with E-state index >= 15 is 0 Å². The summed E-state index contributed by atoms with van der Waals surface area (Å²) in [5, 5.41) is -1.09. The van der Waals surface area contributed by atoms with Crippen molar-refractivity contribution in [3.63, 3.8) is 0 Å². The zero-order valence-electron chi connectivity index (χ0n) is 11.0. The summed E-state index contributed by atoms with van der Waals surface area (Å²) in [5.41, 5.74) is 0. The fourth-order valence-electron chi connectivity index (χ4n) is 1.94. The van der Waals surface area contributed by atoms with Crippen LogP contribution < -0.4 is 0 Å². The molecule has 0 amide bonds. The molecular formula is C11H22O4Si. The van der Waals surface area contributed by atoms with Crippen LogP contribution in [0.5, 0.6) is 0 Å². The summed E-state index contributed by atoms with van der Waals surface area (Å²) in [6.45, 7) is 9.77. The maximum atomic E-state index is 12.1. The molecule has 5 heteroatoms. The van der Waals surface area contributed by atoms with Crippen molar-refractivity contribution in [1.29, 1.82) is 0 Å². The Morgan fingerprint density at radius 3 is 1.88 bits per heavy atom. The lowest BCUT2D eigenvalue weighted by Crippen LogP contribution is -2.51. The molecule has 0 aromatic rings. The summed E-state index contributed by atoms with van der Waals surface area (Å²) >= 11 is 0. The molecule has 16 heavy (non-hydrogen) atoms. The van der Waals surface area contributed by atoms with Crippen molar-refractivity contribution >= 4 is 20.0 Å². The van der Waals surface area contributed by atoms with Gasteiger partial charge in [0, 0.05) is 0 Å². The second kappa shape index (κ2) is 5.47. The predicted molar refractivity (Wildman–Crippen MR) is 65.0 cm³/mol. The zero-order chi connectivity index (χ0) is 13.0. The largest absolute Gasteiger partial charge is 0.468 e. The second-order valence-corrected chi connectivity index (χ2v) is 10.1. The number of rotatable bonds is 5. The van der Waals surface area contributed by atoms with Crippen molar-refractivity contribution in [2.75, 3.05) is 13.7 Å². The van der Waals surface area contributed by atoms with Crippen LogP contribution in [-0.4, -0.2) is 33.7 Å². The van der Waals surface area contributed by atoms with E-state index in [1.165, 1.54) is 7.11 Å². The lowest BCUT2D eigenvalue weighted by atomic mass is 10.1. The van der Waals surface area contributed by atoms with Gasteiger partial charge >= 0.3 is 11.9 Å². The third kappa shape index (κ3) is 2.45. The molecule has 0 fully saturated rings. The Morgan fingerprint density at radius 1 is 1.12 bits per heavy atom. The molecule has 0 aliphatic carbocycles. The number of hydrogen-bond donors (Lipinski definition) is 0. The smallest absolute Gasteiger partial charge is 0.320 e. The van der Waals surface area contributed by atoms with E-state index in [0.29, 0.717) is 6.42 Å². The highest BCUT2D eigenvalue weighted by atomic mass is 28.3. The van der Waals surface area contributed by atoms with E-state index in [-0.39, 0.29) is 6.61 Å². The van der Waals surface area contributed by atoms with Gasteiger partial charge in [-0.25, -0.2) is 0 Å². The first-order valence-electron chi connectivity index (χ1n) is 5.53. The van der Waals surface area contributed by atoms with Gasteiger partial charge in [-0.05, 0) is 13.3 Å². The first-order chi connectivity index (χ1) is 7.27. The molecule has 0 spiro atoms. The fourth-order valence-corrected chi connectivity index (χ4v) is 4.40. The molecule has 0 saturated carbocycles. The van der Waals surface area contributed by atoms with E-state index in [1.807, 2.05) is 26.6 Å². The van der Waals surface area contributed by atoms with Crippen LogP contribution in [0.15, 0.2) is 0 Å². The van der Waals surface area contributed by atoms with Crippen LogP contribution in [0.4, 0.5) is 0 Å². The molecule has 1 atom stereocenters. The van der Waals surface area contributed by atoms with Crippen LogP contribution in [0.3, 0.4) is 0 Å². The van der Waals surface area contributed by atoms with Gasteiger partial charge < -0.3 is 9.47 Å².